The molecule has 1 saturated carbocycles. The Hall–Kier alpha value is -1.13. The Balaban J connectivity index is 0.00000289. The minimum Gasteiger partial charge on any atom is -0.357 e. The normalized spacial score (nSPS) is 23.4. The van der Waals surface area contributed by atoms with Crippen molar-refractivity contribution >= 4 is 35.8 Å². The van der Waals surface area contributed by atoms with E-state index in [-0.39, 0.29) is 24.0 Å². The van der Waals surface area contributed by atoms with Crippen molar-refractivity contribution < 1.29 is 0 Å². The summed E-state index contributed by atoms with van der Waals surface area (Å²) in [6, 6.07) is 5.63. The predicted octanol–water partition coefficient (Wildman–Crippen LogP) is 2.91. The largest absolute Gasteiger partial charge is 0.357 e. The standard InChI is InChI=1S/C24H41N7.HI/c1-3-25-24(28-21-10-12-31(19-21)22-7-5-6-8-22)27-18-20-9-11-26-23(17-20)30-15-13-29(4-2)14-16-30;/h9,11,17,21-22H,3-8,10,12-16,18-19H2,1-2H3,(H2,25,27,28);1H. The van der Waals surface area contributed by atoms with Crippen molar-refractivity contribution in [1.82, 2.24) is 25.4 Å². The molecule has 4 rings (SSSR count). The van der Waals surface area contributed by atoms with Crippen LogP contribution in [0.3, 0.4) is 0 Å². The van der Waals surface area contributed by atoms with Crippen LogP contribution in [-0.4, -0.2) is 85.2 Å². The third-order valence-electron chi connectivity index (χ3n) is 7.12. The van der Waals surface area contributed by atoms with Gasteiger partial charge in [-0.15, -0.1) is 24.0 Å². The van der Waals surface area contributed by atoms with Gasteiger partial charge in [0.1, 0.15) is 5.82 Å². The highest BCUT2D eigenvalue weighted by Gasteiger charge is 2.30. The minimum absolute atomic E-state index is 0. The molecule has 2 aliphatic heterocycles. The van der Waals surface area contributed by atoms with E-state index in [2.05, 4.69) is 56.3 Å². The van der Waals surface area contributed by atoms with Crippen molar-refractivity contribution in [1.29, 1.82) is 0 Å². The first-order valence-corrected chi connectivity index (χ1v) is 12.5. The molecule has 0 amide bonds. The third-order valence-corrected chi connectivity index (χ3v) is 7.12. The molecule has 1 aromatic rings. The molecule has 1 aromatic heterocycles. The first-order valence-electron chi connectivity index (χ1n) is 12.5. The van der Waals surface area contributed by atoms with Crippen LogP contribution in [-0.2, 0) is 6.54 Å². The highest BCUT2D eigenvalue weighted by Crippen LogP contribution is 2.26. The number of halogens is 1. The van der Waals surface area contributed by atoms with E-state index >= 15 is 0 Å². The van der Waals surface area contributed by atoms with E-state index in [9.17, 15) is 0 Å². The smallest absolute Gasteiger partial charge is 0.191 e. The summed E-state index contributed by atoms with van der Waals surface area (Å²) in [5.41, 5.74) is 1.22. The number of likely N-dealkylation sites (tertiary alicyclic amines) is 1. The molecule has 1 unspecified atom stereocenters. The summed E-state index contributed by atoms with van der Waals surface area (Å²) in [5.74, 6) is 2.03. The molecule has 0 bridgehead atoms. The number of nitrogens with zero attached hydrogens (tertiary/aromatic N) is 5. The van der Waals surface area contributed by atoms with Gasteiger partial charge < -0.3 is 20.4 Å². The molecule has 8 heteroatoms. The lowest BCUT2D eigenvalue weighted by molar-refractivity contribution is 0.242. The number of aliphatic imine (C=N–C) groups is 1. The van der Waals surface area contributed by atoms with Crippen LogP contribution in [0.5, 0.6) is 0 Å². The molecule has 0 aromatic carbocycles. The van der Waals surface area contributed by atoms with Crippen molar-refractivity contribution in [2.24, 2.45) is 4.99 Å². The Morgan fingerprint density at radius 1 is 1.09 bits per heavy atom. The fourth-order valence-corrected chi connectivity index (χ4v) is 5.21. The van der Waals surface area contributed by atoms with Gasteiger partial charge in [0.05, 0.1) is 6.54 Å². The lowest BCUT2D eigenvalue weighted by Crippen LogP contribution is -2.46. The molecule has 1 aliphatic carbocycles. The lowest BCUT2D eigenvalue weighted by atomic mass is 10.2. The number of hydrogen-bond donors (Lipinski definition) is 2. The van der Waals surface area contributed by atoms with Crippen molar-refractivity contribution in [2.75, 3.05) is 57.3 Å². The van der Waals surface area contributed by atoms with Gasteiger partial charge in [0.25, 0.3) is 0 Å². The fraction of sp³-hybridized carbons (Fsp3) is 0.750. The Bertz CT molecular complexity index is 714. The van der Waals surface area contributed by atoms with E-state index in [4.69, 9.17) is 4.99 Å². The monoisotopic (exact) mass is 555 g/mol. The van der Waals surface area contributed by atoms with Gasteiger partial charge >= 0.3 is 0 Å². The van der Waals surface area contributed by atoms with Crippen LogP contribution in [0.25, 0.3) is 0 Å². The van der Waals surface area contributed by atoms with Crippen molar-refractivity contribution in [3.8, 4) is 0 Å². The van der Waals surface area contributed by atoms with Crippen molar-refractivity contribution in [3.05, 3.63) is 23.9 Å². The zero-order valence-electron chi connectivity index (χ0n) is 19.9. The fourth-order valence-electron chi connectivity index (χ4n) is 5.21. The van der Waals surface area contributed by atoms with Crippen LogP contribution in [0.4, 0.5) is 5.82 Å². The molecule has 2 saturated heterocycles. The molecular formula is C24H42IN7. The van der Waals surface area contributed by atoms with Crippen LogP contribution < -0.4 is 15.5 Å². The van der Waals surface area contributed by atoms with Crippen LogP contribution >= 0.6 is 24.0 Å². The average Bonchev–Trinajstić information content (AvgIpc) is 3.50. The van der Waals surface area contributed by atoms with Gasteiger partial charge in [-0.1, -0.05) is 19.8 Å². The maximum absolute atomic E-state index is 4.90. The van der Waals surface area contributed by atoms with Crippen LogP contribution in [0.2, 0.25) is 0 Å². The quantitative estimate of drug-likeness (QED) is 0.307. The average molecular weight is 556 g/mol. The SMILES string of the molecule is CCNC(=NCc1ccnc(N2CCN(CC)CC2)c1)NC1CCN(C2CCCC2)C1.I. The van der Waals surface area contributed by atoms with E-state index in [1.165, 1.54) is 44.2 Å². The summed E-state index contributed by atoms with van der Waals surface area (Å²) in [4.78, 5) is 17.1. The summed E-state index contributed by atoms with van der Waals surface area (Å²) < 4.78 is 0. The molecule has 2 N–H and O–H groups in total. The highest BCUT2D eigenvalue weighted by atomic mass is 127. The van der Waals surface area contributed by atoms with Crippen LogP contribution in [0, 0.1) is 0 Å². The number of likely N-dealkylation sites (N-methyl/N-ethyl adjacent to an activating group) is 1. The molecule has 3 heterocycles. The molecule has 1 atom stereocenters. The first-order chi connectivity index (χ1) is 15.2. The lowest BCUT2D eigenvalue weighted by Gasteiger charge is -2.34. The minimum atomic E-state index is 0. The van der Waals surface area contributed by atoms with Gasteiger partial charge in [-0.2, -0.15) is 0 Å². The molecule has 0 radical (unpaired) electrons. The van der Waals surface area contributed by atoms with Gasteiger partial charge in [-0.25, -0.2) is 9.98 Å². The van der Waals surface area contributed by atoms with Crippen LogP contribution in [0.1, 0.15) is 51.5 Å². The Kier molecular flexibility index (Phi) is 10.3. The van der Waals surface area contributed by atoms with E-state index in [1.807, 2.05) is 6.20 Å². The maximum Gasteiger partial charge on any atom is 0.191 e. The van der Waals surface area contributed by atoms with E-state index < -0.39 is 0 Å². The van der Waals surface area contributed by atoms with Crippen molar-refractivity contribution in [2.45, 2.75) is 64.6 Å². The Morgan fingerprint density at radius 2 is 1.88 bits per heavy atom. The number of nitrogens with one attached hydrogen (secondary N) is 2. The molecule has 180 valence electrons. The van der Waals surface area contributed by atoms with Gasteiger partial charge in [0, 0.05) is 64.1 Å². The Morgan fingerprint density at radius 3 is 2.59 bits per heavy atom. The number of rotatable bonds is 7. The number of aromatic nitrogens is 1. The van der Waals surface area contributed by atoms with E-state index in [0.29, 0.717) is 12.6 Å². The summed E-state index contributed by atoms with van der Waals surface area (Å²) in [7, 11) is 0. The predicted molar refractivity (Wildman–Crippen MR) is 144 cm³/mol. The Labute approximate surface area is 211 Å². The number of guanidine groups is 1. The second-order valence-electron chi connectivity index (χ2n) is 9.20. The van der Waals surface area contributed by atoms with Gasteiger partial charge in [0.2, 0.25) is 0 Å². The number of anilines is 1. The third kappa shape index (κ3) is 6.93. The summed E-state index contributed by atoms with van der Waals surface area (Å²) in [6.07, 6.45) is 8.74. The highest BCUT2D eigenvalue weighted by molar-refractivity contribution is 14.0. The van der Waals surface area contributed by atoms with E-state index in [1.54, 1.807) is 0 Å². The summed E-state index contributed by atoms with van der Waals surface area (Å²) in [6.45, 7) is 13.8. The summed E-state index contributed by atoms with van der Waals surface area (Å²) in [5, 5.41) is 7.14. The first kappa shape index (κ1) is 25.5. The summed E-state index contributed by atoms with van der Waals surface area (Å²) >= 11 is 0. The number of piperazine rings is 1. The maximum atomic E-state index is 4.90. The number of hydrogen-bond acceptors (Lipinski definition) is 5. The molecule has 0 spiro atoms. The zero-order chi connectivity index (χ0) is 21.5. The van der Waals surface area contributed by atoms with Crippen LogP contribution in [0.15, 0.2) is 23.3 Å². The number of pyridine rings is 1. The molecule has 32 heavy (non-hydrogen) atoms. The van der Waals surface area contributed by atoms with Gasteiger partial charge in [-0.05, 0) is 50.4 Å². The second kappa shape index (κ2) is 12.9. The van der Waals surface area contributed by atoms with E-state index in [0.717, 1.165) is 63.6 Å². The molecule has 3 aliphatic rings. The molecule has 7 nitrogen and oxygen atoms in total. The van der Waals surface area contributed by atoms with Crippen molar-refractivity contribution in [3.63, 3.8) is 0 Å². The van der Waals surface area contributed by atoms with Gasteiger partial charge in [-0.3, -0.25) is 4.90 Å². The second-order valence-corrected chi connectivity index (χ2v) is 9.20. The van der Waals surface area contributed by atoms with Gasteiger partial charge in [0.15, 0.2) is 5.96 Å². The molecular weight excluding hydrogens is 513 g/mol. The topological polar surface area (TPSA) is 59.0 Å². The molecule has 3 fully saturated rings. The zero-order valence-corrected chi connectivity index (χ0v) is 22.3.